The quantitative estimate of drug-likeness (QED) is 0.744. The summed E-state index contributed by atoms with van der Waals surface area (Å²) in [5.41, 5.74) is 0. The van der Waals surface area contributed by atoms with E-state index in [-0.39, 0.29) is 6.04 Å². The Morgan fingerprint density at radius 2 is 2.14 bits per heavy atom. The first kappa shape index (κ1) is 11.5. The molecule has 1 heterocycles. The van der Waals surface area contributed by atoms with Gasteiger partial charge >= 0.3 is 0 Å². The number of nitrogens with zero attached hydrogens (tertiary/aromatic N) is 1. The molecule has 0 aromatic rings. The minimum atomic E-state index is 0.00726. The maximum atomic E-state index is 8.84. The summed E-state index contributed by atoms with van der Waals surface area (Å²) in [4.78, 5) is 0. The van der Waals surface area contributed by atoms with Crippen LogP contribution in [-0.2, 0) is 4.74 Å². The van der Waals surface area contributed by atoms with Crippen LogP contribution in [-0.4, -0.2) is 25.3 Å². The van der Waals surface area contributed by atoms with Crippen LogP contribution in [0.1, 0.15) is 33.1 Å². The number of rotatable bonds is 4. The maximum absolute atomic E-state index is 8.84. The zero-order valence-corrected chi connectivity index (χ0v) is 9.12. The number of hydrogen-bond donors (Lipinski definition) is 1. The van der Waals surface area contributed by atoms with Crippen LogP contribution >= 0.6 is 0 Å². The summed E-state index contributed by atoms with van der Waals surface area (Å²) >= 11 is 0. The number of ether oxygens (including phenoxy) is 1. The van der Waals surface area contributed by atoms with Crippen molar-refractivity contribution >= 4 is 0 Å². The second-order valence-electron chi connectivity index (χ2n) is 4.00. The first-order valence-electron chi connectivity index (χ1n) is 5.51. The lowest BCUT2D eigenvalue weighted by atomic mass is 9.92. The topological polar surface area (TPSA) is 45.0 Å². The zero-order chi connectivity index (χ0) is 10.4. The molecular weight excluding hydrogens is 176 g/mol. The van der Waals surface area contributed by atoms with Crippen LogP contribution in [0.2, 0.25) is 0 Å². The van der Waals surface area contributed by atoms with E-state index in [2.05, 4.69) is 18.3 Å². The van der Waals surface area contributed by atoms with Gasteiger partial charge in [0.2, 0.25) is 0 Å². The summed E-state index contributed by atoms with van der Waals surface area (Å²) < 4.78 is 5.31. The van der Waals surface area contributed by atoms with E-state index >= 15 is 0 Å². The molecule has 2 unspecified atom stereocenters. The van der Waals surface area contributed by atoms with Crippen molar-refractivity contribution < 1.29 is 4.74 Å². The Morgan fingerprint density at radius 1 is 1.50 bits per heavy atom. The van der Waals surface area contributed by atoms with Crippen molar-refractivity contribution in [2.24, 2.45) is 5.92 Å². The Morgan fingerprint density at radius 3 is 2.64 bits per heavy atom. The molecular formula is C11H20N2O. The highest BCUT2D eigenvalue weighted by Crippen LogP contribution is 2.18. The van der Waals surface area contributed by atoms with Gasteiger partial charge in [-0.2, -0.15) is 5.26 Å². The largest absolute Gasteiger partial charge is 0.381 e. The molecule has 0 aliphatic carbocycles. The van der Waals surface area contributed by atoms with E-state index in [1.807, 2.05) is 6.92 Å². The van der Waals surface area contributed by atoms with Crippen LogP contribution in [0.4, 0.5) is 0 Å². The van der Waals surface area contributed by atoms with Gasteiger partial charge in [0.1, 0.15) is 0 Å². The average molecular weight is 196 g/mol. The number of nitriles is 1. The monoisotopic (exact) mass is 196 g/mol. The summed E-state index contributed by atoms with van der Waals surface area (Å²) in [6, 6.07) is 2.72. The van der Waals surface area contributed by atoms with Crippen molar-refractivity contribution in [3.8, 4) is 6.07 Å². The summed E-state index contributed by atoms with van der Waals surface area (Å²) in [6.07, 6.45) is 3.12. The molecule has 0 spiro atoms. The minimum Gasteiger partial charge on any atom is -0.381 e. The average Bonchev–Trinajstić information content (AvgIpc) is 2.26. The molecule has 0 bridgehead atoms. The third kappa shape index (κ3) is 3.28. The molecule has 0 aromatic heterocycles. The fourth-order valence-electron chi connectivity index (χ4n) is 1.92. The molecule has 1 saturated heterocycles. The van der Waals surface area contributed by atoms with E-state index in [1.165, 1.54) is 0 Å². The van der Waals surface area contributed by atoms with Gasteiger partial charge in [0.15, 0.2) is 0 Å². The highest BCUT2D eigenvalue weighted by molar-refractivity contribution is 4.91. The third-order valence-corrected chi connectivity index (χ3v) is 3.00. The second kappa shape index (κ2) is 6.00. The van der Waals surface area contributed by atoms with Crippen molar-refractivity contribution in [2.45, 2.75) is 45.2 Å². The van der Waals surface area contributed by atoms with Crippen LogP contribution in [0.25, 0.3) is 0 Å². The van der Waals surface area contributed by atoms with Gasteiger partial charge in [-0.1, -0.05) is 6.92 Å². The molecule has 3 nitrogen and oxygen atoms in total. The van der Waals surface area contributed by atoms with Gasteiger partial charge in [0.05, 0.1) is 12.1 Å². The maximum Gasteiger partial charge on any atom is 0.0952 e. The van der Waals surface area contributed by atoms with Crippen molar-refractivity contribution in [1.82, 2.24) is 5.32 Å². The van der Waals surface area contributed by atoms with Gasteiger partial charge < -0.3 is 4.74 Å². The zero-order valence-electron chi connectivity index (χ0n) is 9.12. The second-order valence-corrected chi connectivity index (χ2v) is 4.00. The molecule has 0 amide bonds. The van der Waals surface area contributed by atoms with Crippen molar-refractivity contribution in [1.29, 1.82) is 5.26 Å². The van der Waals surface area contributed by atoms with E-state index in [9.17, 15) is 0 Å². The van der Waals surface area contributed by atoms with Crippen LogP contribution in [0.5, 0.6) is 0 Å². The van der Waals surface area contributed by atoms with Gasteiger partial charge in [-0.15, -0.1) is 0 Å². The first-order valence-corrected chi connectivity index (χ1v) is 5.51. The van der Waals surface area contributed by atoms with E-state index in [1.54, 1.807) is 0 Å². The fraction of sp³-hybridized carbons (Fsp3) is 0.909. The van der Waals surface area contributed by atoms with E-state index in [4.69, 9.17) is 10.00 Å². The van der Waals surface area contributed by atoms with Crippen LogP contribution < -0.4 is 5.32 Å². The molecule has 1 fully saturated rings. The van der Waals surface area contributed by atoms with Crippen LogP contribution in [0, 0.1) is 17.2 Å². The van der Waals surface area contributed by atoms with Gasteiger partial charge in [-0.3, -0.25) is 5.32 Å². The van der Waals surface area contributed by atoms with Gasteiger partial charge in [0.25, 0.3) is 0 Å². The Bertz CT molecular complexity index is 194. The smallest absolute Gasteiger partial charge is 0.0952 e. The molecule has 1 rings (SSSR count). The minimum absolute atomic E-state index is 0.00726. The summed E-state index contributed by atoms with van der Waals surface area (Å²) in [5.74, 6) is 0.672. The summed E-state index contributed by atoms with van der Waals surface area (Å²) in [5, 5.41) is 12.2. The highest BCUT2D eigenvalue weighted by atomic mass is 16.5. The molecule has 3 heteroatoms. The lowest BCUT2D eigenvalue weighted by molar-refractivity contribution is 0.0552. The van der Waals surface area contributed by atoms with Crippen molar-refractivity contribution in [2.75, 3.05) is 13.2 Å². The Hall–Kier alpha value is -0.590. The molecule has 0 aromatic carbocycles. The predicted octanol–water partition coefficient (Wildman–Crippen LogP) is 1.69. The molecule has 80 valence electrons. The molecule has 2 atom stereocenters. The van der Waals surface area contributed by atoms with Crippen molar-refractivity contribution in [3.05, 3.63) is 0 Å². The molecule has 1 aliphatic rings. The van der Waals surface area contributed by atoms with E-state index in [0.29, 0.717) is 12.0 Å². The SMILES string of the molecule is CCC(C#N)NC(C)C1CCOCC1. The predicted molar refractivity (Wildman–Crippen MR) is 55.8 cm³/mol. The van der Waals surface area contributed by atoms with Crippen molar-refractivity contribution in [3.63, 3.8) is 0 Å². The van der Waals surface area contributed by atoms with Gasteiger partial charge in [-0.05, 0) is 32.1 Å². The van der Waals surface area contributed by atoms with Gasteiger partial charge in [-0.25, -0.2) is 0 Å². The van der Waals surface area contributed by atoms with E-state index < -0.39 is 0 Å². The van der Waals surface area contributed by atoms with Crippen LogP contribution in [0.3, 0.4) is 0 Å². The summed E-state index contributed by atoms with van der Waals surface area (Å²) in [6.45, 7) is 5.97. The molecule has 0 saturated carbocycles. The third-order valence-electron chi connectivity index (χ3n) is 3.00. The normalized spacial score (nSPS) is 22.6. The molecule has 14 heavy (non-hydrogen) atoms. The first-order chi connectivity index (χ1) is 6.77. The number of hydrogen-bond acceptors (Lipinski definition) is 3. The molecule has 0 radical (unpaired) electrons. The lowest BCUT2D eigenvalue weighted by Crippen LogP contribution is -2.41. The van der Waals surface area contributed by atoms with Crippen LogP contribution in [0.15, 0.2) is 0 Å². The van der Waals surface area contributed by atoms with Gasteiger partial charge in [0, 0.05) is 19.3 Å². The fourth-order valence-corrected chi connectivity index (χ4v) is 1.92. The van der Waals surface area contributed by atoms with E-state index in [0.717, 1.165) is 32.5 Å². The number of nitrogens with one attached hydrogen (secondary N) is 1. The standard InChI is InChI=1S/C11H20N2O/c1-3-11(8-12)13-9(2)10-4-6-14-7-5-10/h9-11,13H,3-7H2,1-2H3. The Balaban J connectivity index is 2.32. The molecule has 1 N–H and O–H groups in total. The highest BCUT2D eigenvalue weighted by Gasteiger charge is 2.21. The molecule has 1 aliphatic heterocycles. The Kier molecular flexibility index (Phi) is 4.92. The lowest BCUT2D eigenvalue weighted by Gasteiger charge is -2.29. The summed E-state index contributed by atoms with van der Waals surface area (Å²) in [7, 11) is 0. The Labute approximate surface area is 86.4 Å².